The van der Waals surface area contributed by atoms with Crippen LogP contribution in [0, 0.1) is 5.41 Å². The van der Waals surface area contributed by atoms with Crippen molar-refractivity contribution in [3.63, 3.8) is 0 Å². The second kappa shape index (κ2) is 5.27. The van der Waals surface area contributed by atoms with Crippen LogP contribution in [0.3, 0.4) is 0 Å². The first kappa shape index (κ1) is 12.7. The zero-order valence-electron chi connectivity index (χ0n) is 10.2. The number of phenols is 2. The lowest BCUT2D eigenvalue weighted by atomic mass is 10.1. The van der Waals surface area contributed by atoms with E-state index in [0.717, 1.165) is 5.56 Å². The number of hydrogen-bond acceptors (Lipinski definition) is 3. The van der Waals surface area contributed by atoms with Crippen LogP contribution in [0.4, 0.5) is 0 Å². The molecule has 0 amide bonds. The van der Waals surface area contributed by atoms with Crippen molar-refractivity contribution in [2.24, 2.45) is 5.73 Å². The van der Waals surface area contributed by atoms with E-state index in [0.29, 0.717) is 5.56 Å². The van der Waals surface area contributed by atoms with Gasteiger partial charge in [-0.25, -0.2) is 0 Å². The predicted molar refractivity (Wildman–Crippen MR) is 76.2 cm³/mol. The Hall–Kier alpha value is -2.75. The van der Waals surface area contributed by atoms with Crippen LogP contribution in [0.2, 0.25) is 0 Å². The van der Waals surface area contributed by atoms with Crippen LogP contribution in [-0.4, -0.2) is 16.0 Å². The number of aromatic hydroxyl groups is 2. The molecular formula is C15H14N2O2. The number of nitrogens with two attached hydrogens (primary N) is 1. The highest BCUT2D eigenvalue weighted by molar-refractivity contribution is 5.99. The van der Waals surface area contributed by atoms with Gasteiger partial charge in [0.15, 0.2) is 11.5 Å². The molecule has 0 unspecified atom stereocenters. The quantitative estimate of drug-likeness (QED) is 0.293. The van der Waals surface area contributed by atoms with Crippen molar-refractivity contribution in [3.8, 4) is 11.5 Å². The maximum atomic E-state index is 9.59. The Balaban J connectivity index is 2.36. The average molecular weight is 254 g/mol. The fourth-order valence-electron chi connectivity index (χ4n) is 1.70. The molecule has 2 aromatic carbocycles. The molecule has 0 atom stereocenters. The molecule has 0 bridgehead atoms. The monoisotopic (exact) mass is 254 g/mol. The highest BCUT2D eigenvalue weighted by Gasteiger charge is 2.10. The van der Waals surface area contributed by atoms with Crippen molar-refractivity contribution in [1.29, 1.82) is 5.41 Å². The SMILES string of the molecule is N=C(N)c1cc(/C=C/c2ccccc2)cc(O)c1O. The minimum atomic E-state index is -0.371. The maximum absolute atomic E-state index is 9.59. The third-order valence-corrected chi connectivity index (χ3v) is 2.67. The van der Waals surface area contributed by atoms with E-state index in [1.54, 1.807) is 12.1 Å². The Morgan fingerprint density at radius 1 is 1.00 bits per heavy atom. The molecule has 96 valence electrons. The van der Waals surface area contributed by atoms with Crippen LogP contribution in [0.5, 0.6) is 11.5 Å². The van der Waals surface area contributed by atoms with Gasteiger partial charge in [-0.3, -0.25) is 5.41 Å². The van der Waals surface area contributed by atoms with Crippen LogP contribution < -0.4 is 5.73 Å². The fourth-order valence-corrected chi connectivity index (χ4v) is 1.70. The average Bonchev–Trinajstić information content (AvgIpc) is 2.41. The van der Waals surface area contributed by atoms with E-state index >= 15 is 0 Å². The number of nitrogen functional groups attached to an aromatic ring is 1. The third-order valence-electron chi connectivity index (χ3n) is 2.67. The summed E-state index contributed by atoms with van der Waals surface area (Å²) in [5, 5.41) is 26.5. The molecule has 0 saturated carbocycles. The molecule has 0 radical (unpaired) electrons. The normalized spacial score (nSPS) is 10.7. The Kier molecular flexibility index (Phi) is 3.52. The number of hydrogen-bond donors (Lipinski definition) is 4. The van der Waals surface area contributed by atoms with Crippen molar-refractivity contribution in [2.45, 2.75) is 0 Å². The molecule has 5 N–H and O–H groups in total. The van der Waals surface area contributed by atoms with Crippen LogP contribution in [-0.2, 0) is 0 Å². The topological polar surface area (TPSA) is 90.3 Å². The van der Waals surface area contributed by atoms with E-state index in [9.17, 15) is 10.2 Å². The number of phenolic OH excluding ortho intramolecular Hbond substituents is 2. The van der Waals surface area contributed by atoms with Crippen LogP contribution in [0.1, 0.15) is 16.7 Å². The zero-order valence-corrected chi connectivity index (χ0v) is 10.2. The van der Waals surface area contributed by atoms with Crippen LogP contribution in [0.15, 0.2) is 42.5 Å². The number of rotatable bonds is 3. The van der Waals surface area contributed by atoms with E-state index in [4.69, 9.17) is 11.1 Å². The van der Waals surface area contributed by atoms with Gasteiger partial charge in [0.25, 0.3) is 0 Å². The van der Waals surface area contributed by atoms with Gasteiger partial charge in [-0.15, -0.1) is 0 Å². The van der Waals surface area contributed by atoms with Gasteiger partial charge in [-0.2, -0.15) is 0 Å². The number of amidine groups is 1. The van der Waals surface area contributed by atoms with Gasteiger partial charge in [-0.05, 0) is 23.3 Å². The first-order chi connectivity index (χ1) is 9.08. The molecule has 0 aliphatic heterocycles. The van der Waals surface area contributed by atoms with Gasteiger partial charge in [0.05, 0.1) is 5.56 Å². The molecule has 0 saturated heterocycles. The van der Waals surface area contributed by atoms with Crippen molar-refractivity contribution in [1.82, 2.24) is 0 Å². The van der Waals surface area contributed by atoms with E-state index in [1.165, 1.54) is 6.07 Å². The van der Waals surface area contributed by atoms with Crippen molar-refractivity contribution in [2.75, 3.05) is 0 Å². The summed E-state index contributed by atoms with van der Waals surface area (Å²) in [5.41, 5.74) is 7.14. The van der Waals surface area contributed by atoms with Gasteiger partial charge in [0.2, 0.25) is 0 Å². The van der Waals surface area contributed by atoms with Crippen molar-refractivity contribution < 1.29 is 10.2 Å². The molecule has 0 aliphatic carbocycles. The van der Waals surface area contributed by atoms with Gasteiger partial charge < -0.3 is 15.9 Å². The summed E-state index contributed by atoms with van der Waals surface area (Å²) < 4.78 is 0. The predicted octanol–water partition coefficient (Wildman–Crippen LogP) is 2.55. The van der Waals surface area contributed by atoms with Crippen molar-refractivity contribution in [3.05, 3.63) is 59.2 Å². The minimum Gasteiger partial charge on any atom is -0.504 e. The van der Waals surface area contributed by atoms with Gasteiger partial charge in [0.1, 0.15) is 5.84 Å². The van der Waals surface area contributed by atoms with Crippen molar-refractivity contribution >= 4 is 18.0 Å². The zero-order chi connectivity index (χ0) is 13.8. The third kappa shape index (κ3) is 2.93. The number of nitrogens with one attached hydrogen (secondary N) is 1. The Labute approximate surface area is 111 Å². The summed E-state index contributed by atoms with van der Waals surface area (Å²) in [5.74, 6) is -0.951. The summed E-state index contributed by atoms with van der Waals surface area (Å²) in [6, 6.07) is 12.6. The maximum Gasteiger partial charge on any atom is 0.168 e. The van der Waals surface area contributed by atoms with E-state index < -0.39 is 0 Å². The standard InChI is InChI=1S/C15H14N2O2/c16-15(17)12-8-11(9-13(18)14(12)19)7-6-10-4-2-1-3-5-10/h1-9,18-19H,(H3,16,17)/b7-6+. The highest BCUT2D eigenvalue weighted by atomic mass is 16.3. The Morgan fingerprint density at radius 2 is 1.63 bits per heavy atom. The lowest BCUT2D eigenvalue weighted by Crippen LogP contribution is -2.11. The Morgan fingerprint density at radius 3 is 2.26 bits per heavy atom. The summed E-state index contributed by atoms with van der Waals surface area (Å²) in [6.07, 6.45) is 3.65. The number of benzene rings is 2. The van der Waals surface area contributed by atoms with Crippen LogP contribution >= 0.6 is 0 Å². The smallest absolute Gasteiger partial charge is 0.168 e. The summed E-state index contributed by atoms with van der Waals surface area (Å²) in [4.78, 5) is 0. The summed E-state index contributed by atoms with van der Waals surface area (Å²) in [6.45, 7) is 0. The first-order valence-corrected chi connectivity index (χ1v) is 5.71. The second-order valence-corrected chi connectivity index (χ2v) is 4.09. The van der Waals surface area contributed by atoms with Gasteiger partial charge in [-0.1, -0.05) is 42.5 Å². The first-order valence-electron chi connectivity index (χ1n) is 5.71. The van der Waals surface area contributed by atoms with E-state index in [2.05, 4.69) is 0 Å². The largest absolute Gasteiger partial charge is 0.504 e. The fraction of sp³-hybridized carbons (Fsp3) is 0. The summed E-state index contributed by atoms with van der Waals surface area (Å²) in [7, 11) is 0. The van der Waals surface area contributed by atoms with Crippen LogP contribution in [0.25, 0.3) is 12.2 Å². The molecule has 4 nitrogen and oxygen atoms in total. The lowest BCUT2D eigenvalue weighted by molar-refractivity contribution is 0.403. The second-order valence-electron chi connectivity index (χ2n) is 4.09. The molecule has 4 heteroatoms. The molecule has 0 heterocycles. The molecule has 0 spiro atoms. The molecule has 2 rings (SSSR count). The molecular weight excluding hydrogens is 240 g/mol. The highest BCUT2D eigenvalue weighted by Crippen LogP contribution is 2.30. The summed E-state index contributed by atoms with van der Waals surface area (Å²) >= 11 is 0. The molecule has 0 aromatic heterocycles. The molecule has 0 fully saturated rings. The van der Waals surface area contributed by atoms with E-state index in [-0.39, 0.29) is 22.9 Å². The van der Waals surface area contributed by atoms with E-state index in [1.807, 2.05) is 36.4 Å². The Bertz CT molecular complexity index is 634. The molecule has 19 heavy (non-hydrogen) atoms. The molecule has 0 aliphatic rings. The molecule has 2 aromatic rings. The van der Waals surface area contributed by atoms with Gasteiger partial charge >= 0.3 is 0 Å². The minimum absolute atomic E-state index is 0.118. The van der Waals surface area contributed by atoms with Gasteiger partial charge in [0, 0.05) is 0 Å². The lowest BCUT2D eigenvalue weighted by Gasteiger charge is -2.06.